The summed E-state index contributed by atoms with van der Waals surface area (Å²) in [7, 11) is 0. The smallest absolute Gasteiger partial charge is 0.0217 e. The van der Waals surface area contributed by atoms with Gasteiger partial charge in [0.05, 0.1) is 0 Å². The molecule has 1 rings (SSSR count). The molecule has 0 unspecified atom stereocenters. The summed E-state index contributed by atoms with van der Waals surface area (Å²) in [5, 5.41) is 3.48. The zero-order chi connectivity index (χ0) is 12.5. The van der Waals surface area contributed by atoms with Crippen LogP contribution in [0, 0.1) is 0 Å². The molecule has 0 bridgehead atoms. The van der Waals surface area contributed by atoms with E-state index in [1.165, 1.54) is 39.9 Å². The average molecular weight is 316 g/mol. The maximum Gasteiger partial charge on any atom is 0.0217 e. The first-order valence-electron chi connectivity index (χ1n) is 6.39. The van der Waals surface area contributed by atoms with Crippen molar-refractivity contribution in [3.8, 4) is 0 Å². The minimum Gasteiger partial charge on any atom is -0.313 e. The molecule has 0 aliphatic rings. The lowest BCUT2D eigenvalue weighted by molar-refractivity contribution is 0.669. The van der Waals surface area contributed by atoms with Gasteiger partial charge in [0, 0.05) is 15.9 Å². The van der Waals surface area contributed by atoms with Crippen molar-refractivity contribution in [1.29, 1.82) is 0 Å². The van der Waals surface area contributed by atoms with Crippen molar-refractivity contribution in [2.75, 3.05) is 12.3 Å². The van der Waals surface area contributed by atoms with Crippen molar-refractivity contribution in [2.24, 2.45) is 0 Å². The summed E-state index contributed by atoms with van der Waals surface area (Å²) in [4.78, 5) is 1.42. The summed E-state index contributed by atoms with van der Waals surface area (Å²) in [5.74, 6) is 1.22. The van der Waals surface area contributed by atoms with Crippen LogP contribution in [-0.4, -0.2) is 12.3 Å². The van der Waals surface area contributed by atoms with Gasteiger partial charge in [-0.1, -0.05) is 36.2 Å². The van der Waals surface area contributed by atoms with Gasteiger partial charge >= 0.3 is 0 Å². The molecule has 17 heavy (non-hydrogen) atoms. The van der Waals surface area contributed by atoms with E-state index in [4.69, 9.17) is 0 Å². The van der Waals surface area contributed by atoms with Gasteiger partial charge in [-0.15, -0.1) is 11.8 Å². The lowest BCUT2D eigenvalue weighted by Gasteiger charge is -2.10. The zero-order valence-corrected chi connectivity index (χ0v) is 13.2. The van der Waals surface area contributed by atoms with E-state index in [1.54, 1.807) is 0 Å². The Morgan fingerprint density at radius 1 is 1.24 bits per heavy atom. The van der Waals surface area contributed by atoms with Gasteiger partial charge in [-0.05, 0) is 48.9 Å². The molecule has 0 fully saturated rings. The standard InChI is InChI=1S/C14H22BrNS/c1-3-5-9-17-14-7-6-13(15)10-12(14)11-16-8-4-2/h6-7,10,16H,3-5,8-9,11H2,1-2H3. The van der Waals surface area contributed by atoms with E-state index in [2.05, 4.69) is 53.3 Å². The number of hydrogen-bond acceptors (Lipinski definition) is 2. The number of rotatable bonds is 8. The molecule has 1 aromatic rings. The van der Waals surface area contributed by atoms with E-state index < -0.39 is 0 Å². The molecule has 0 atom stereocenters. The van der Waals surface area contributed by atoms with Crippen molar-refractivity contribution < 1.29 is 0 Å². The van der Waals surface area contributed by atoms with E-state index in [9.17, 15) is 0 Å². The van der Waals surface area contributed by atoms with Crippen molar-refractivity contribution in [2.45, 2.75) is 44.6 Å². The van der Waals surface area contributed by atoms with E-state index >= 15 is 0 Å². The van der Waals surface area contributed by atoms with Gasteiger partial charge in [0.15, 0.2) is 0 Å². The fourth-order valence-corrected chi connectivity index (χ4v) is 3.10. The topological polar surface area (TPSA) is 12.0 Å². The Bertz CT molecular complexity index is 328. The van der Waals surface area contributed by atoms with Crippen LogP contribution in [-0.2, 0) is 6.54 Å². The van der Waals surface area contributed by atoms with Crippen LogP contribution in [0.15, 0.2) is 27.6 Å². The number of thioether (sulfide) groups is 1. The van der Waals surface area contributed by atoms with E-state index in [1.807, 2.05) is 11.8 Å². The minimum absolute atomic E-state index is 0.974. The molecule has 1 nitrogen and oxygen atoms in total. The fourth-order valence-electron chi connectivity index (χ4n) is 1.55. The lowest BCUT2D eigenvalue weighted by atomic mass is 10.2. The number of hydrogen-bond donors (Lipinski definition) is 1. The van der Waals surface area contributed by atoms with Crippen LogP contribution < -0.4 is 5.32 Å². The highest BCUT2D eigenvalue weighted by Gasteiger charge is 2.03. The van der Waals surface area contributed by atoms with Crippen LogP contribution in [0.25, 0.3) is 0 Å². The summed E-state index contributed by atoms with van der Waals surface area (Å²) in [6, 6.07) is 6.60. The van der Waals surface area contributed by atoms with E-state index in [-0.39, 0.29) is 0 Å². The highest BCUT2D eigenvalue weighted by Crippen LogP contribution is 2.26. The van der Waals surface area contributed by atoms with Crippen LogP contribution >= 0.6 is 27.7 Å². The molecule has 1 aromatic carbocycles. The Morgan fingerprint density at radius 2 is 2.06 bits per heavy atom. The largest absolute Gasteiger partial charge is 0.313 e. The van der Waals surface area contributed by atoms with Gasteiger partial charge in [0.2, 0.25) is 0 Å². The monoisotopic (exact) mass is 315 g/mol. The second-order valence-corrected chi connectivity index (χ2v) is 6.18. The Kier molecular flexibility index (Phi) is 7.99. The van der Waals surface area contributed by atoms with Gasteiger partial charge in [0.25, 0.3) is 0 Å². The van der Waals surface area contributed by atoms with Crippen LogP contribution in [0.2, 0.25) is 0 Å². The molecule has 96 valence electrons. The first-order valence-corrected chi connectivity index (χ1v) is 8.17. The van der Waals surface area contributed by atoms with Crippen molar-refractivity contribution in [1.82, 2.24) is 5.32 Å². The van der Waals surface area contributed by atoms with Crippen LogP contribution in [0.3, 0.4) is 0 Å². The number of unbranched alkanes of at least 4 members (excludes halogenated alkanes) is 1. The number of halogens is 1. The van der Waals surface area contributed by atoms with Gasteiger partial charge in [-0.2, -0.15) is 0 Å². The second-order valence-electron chi connectivity index (χ2n) is 4.13. The summed E-state index contributed by atoms with van der Waals surface area (Å²) in [5.41, 5.74) is 1.41. The molecular formula is C14H22BrNS. The molecule has 0 aliphatic heterocycles. The van der Waals surface area contributed by atoms with Gasteiger partial charge in [-0.25, -0.2) is 0 Å². The van der Waals surface area contributed by atoms with E-state index in [0.717, 1.165) is 13.1 Å². The van der Waals surface area contributed by atoms with Gasteiger partial charge in [0.1, 0.15) is 0 Å². The second kappa shape index (κ2) is 9.01. The molecular weight excluding hydrogens is 294 g/mol. The predicted molar refractivity (Wildman–Crippen MR) is 81.8 cm³/mol. The van der Waals surface area contributed by atoms with Crippen LogP contribution in [0.4, 0.5) is 0 Å². The van der Waals surface area contributed by atoms with Crippen LogP contribution in [0.5, 0.6) is 0 Å². The predicted octanol–water partition coefficient (Wildman–Crippen LogP) is 4.84. The maximum absolute atomic E-state index is 3.55. The quantitative estimate of drug-likeness (QED) is 0.544. The highest BCUT2D eigenvalue weighted by molar-refractivity contribution is 9.10. The third-order valence-electron chi connectivity index (χ3n) is 2.52. The Labute approximate surface area is 118 Å². The molecule has 0 saturated carbocycles. The lowest BCUT2D eigenvalue weighted by Crippen LogP contribution is -2.14. The molecule has 1 N–H and O–H groups in total. The number of benzene rings is 1. The van der Waals surface area contributed by atoms with Crippen LogP contribution in [0.1, 0.15) is 38.7 Å². The molecule has 0 saturated heterocycles. The fraction of sp³-hybridized carbons (Fsp3) is 0.571. The molecule has 0 aliphatic carbocycles. The Hall–Kier alpha value is 0.01000. The molecule has 0 amide bonds. The van der Waals surface area contributed by atoms with Crippen molar-refractivity contribution in [3.05, 3.63) is 28.2 Å². The van der Waals surface area contributed by atoms with E-state index in [0.29, 0.717) is 0 Å². The third-order valence-corrected chi connectivity index (χ3v) is 4.22. The van der Waals surface area contributed by atoms with Crippen molar-refractivity contribution >= 4 is 27.7 Å². The SMILES string of the molecule is CCCCSc1ccc(Br)cc1CNCCC. The molecule has 0 heterocycles. The normalized spacial score (nSPS) is 10.8. The summed E-state index contributed by atoms with van der Waals surface area (Å²) < 4.78 is 1.17. The van der Waals surface area contributed by atoms with Crippen molar-refractivity contribution in [3.63, 3.8) is 0 Å². The Balaban J connectivity index is 2.59. The first kappa shape index (κ1) is 15.1. The molecule has 3 heteroatoms. The molecule has 0 spiro atoms. The highest BCUT2D eigenvalue weighted by atomic mass is 79.9. The summed E-state index contributed by atoms with van der Waals surface area (Å²) >= 11 is 5.53. The minimum atomic E-state index is 0.974. The molecule has 0 aromatic heterocycles. The average Bonchev–Trinajstić information content (AvgIpc) is 2.32. The Morgan fingerprint density at radius 3 is 2.76 bits per heavy atom. The zero-order valence-electron chi connectivity index (χ0n) is 10.8. The third kappa shape index (κ3) is 5.94. The summed E-state index contributed by atoms with van der Waals surface area (Å²) in [6.07, 6.45) is 3.75. The first-order chi connectivity index (χ1) is 8.27. The molecule has 0 radical (unpaired) electrons. The number of nitrogens with one attached hydrogen (secondary N) is 1. The summed E-state index contributed by atoms with van der Waals surface area (Å²) in [6.45, 7) is 6.50. The maximum atomic E-state index is 3.55. The van der Waals surface area contributed by atoms with Gasteiger partial charge in [-0.3, -0.25) is 0 Å². The van der Waals surface area contributed by atoms with Gasteiger partial charge < -0.3 is 5.32 Å².